The van der Waals surface area contributed by atoms with Gasteiger partial charge >= 0.3 is 0 Å². The van der Waals surface area contributed by atoms with Crippen molar-refractivity contribution >= 4 is 18.3 Å². The molecule has 2 bridgehead atoms. The summed E-state index contributed by atoms with van der Waals surface area (Å²) >= 11 is 0. The van der Waals surface area contributed by atoms with E-state index in [1.807, 2.05) is 0 Å². The van der Waals surface area contributed by atoms with Crippen molar-refractivity contribution in [2.24, 2.45) is 23.5 Å². The number of fused-ring (bicyclic) bond motifs is 2. The maximum absolute atomic E-state index is 12.8. The van der Waals surface area contributed by atoms with E-state index in [-0.39, 0.29) is 29.6 Å². The molecule has 0 radical (unpaired) electrons. The molecule has 1 aromatic rings. The summed E-state index contributed by atoms with van der Waals surface area (Å²) in [5.41, 5.74) is 7.93. The minimum absolute atomic E-state index is 0. The molecule has 1 aromatic carbocycles. The summed E-state index contributed by atoms with van der Waals surface area (Å²) in [4.78, 5) is 12.8. The average molecular weight is 363 g/mol. The van der Waals surface area contributed by atoms with Gasteiger partial charge in [0, 0.05) is 23.9 Å². The molecule has 138 valence electrons. The lowest BCUT2D eigenvalue weighted by Crippen LogP contribution is -2.51. The molecule has 2 unspecified atom stereocenters. The lowest BCUT2D eigenvalue weighted by molar-refractivity contribution is -0.128. The van der Waals surface area contributed by atoms with E-state index in [2.05, 4.69) is 35.6 Å². The molecule has 1 amide bonds. The highest BCUT2D eigenvalue weighted by Crippen LogP contribution is 2.44. The molecular weight excluding hydrogens is 332 g/mol. The fraction of sp³-hybridized carbons (Fsp3) is 0.667. The minimum Gasteiger partial charge on any atom is -0.355 e. The van der Waals surface area contributed by atoms with Gasteiger partial charge in [-0.3, -0.25) is 4.79 Å². The van der Waals surface area contributed by atoms with E-state index >= 15 is 0 Å². The van der Waals surface area contributed by atoms with Crippen molar-refractivity contribution in [1.29, 1.82) is 0 Å². The summed E-state index contributed by atoms with van der Waals surface area (Å²) < 4.78 is 0. The molecule has 0 aliphatic heterocycles. The van der Waals surface area contributed by atoms with Crippen LogP contribution in [0.4, 0.5) is 0 Å². The molecule has 0 saturated heterocycles. The maximum atomic E-state index is 12.8. The van der Waals surface area contributed by atoms with Crippen LogP contribution in [-0.4, -0.2) is 18.5 Å². The van der Waals surface area contributed by atoms with Crippen molar-refractivity contribution < 1.29 is 4.79 Å². The Kier molecular flexibility index (Phi) is 5.75. The summed E-state index contributed by atoms with van der Waals surface area (Å²) in [7, 11) is 0. The highest BCUT2D eigenvalue weighted by Gasteiger charge is 2.42. The topological polar surface area (TPSA) is 55.1 Å². The molecule has 4 heteroatoms. The second kappa shape index (κ2) is 7.67. The van der Waals surface area contributed by atoms with E-state index in [1.54, 1.807) is 0 Å². The van der Waals surface area contributed by atoms with Crippen molar-refractivity contribution in [1.82, 2.24) is 5.32 Å². The van der Waals surface area contributed by atoms with Gasteiger partial charge in [0.25, 0.3) is 0 Å². The summed E-state index contributed by atoms with van der Waals surface area (Å²) in [6, 6.07) is 11.1. The Balaban J connectivity index is 0.00000182. The van der Waals surface area contributed by atoms with Crippen molar-refractivity contribution in [2.45, 2.75) is 62.8 Å². The minimum atomic E-state index is 0. The average Bonchev–Trinajstić information content (AvgIpc) is 2.54. The fourth-order valence-corrected chi connectivity index (χ4v) is 5.37. The molecule has 0 spiro atoms. The van der Waals surface area contributed by atoms with Gasteiger partial charge in [0.15, 0.2) is 0 Å². The summed E-state index contributed by atoms with van der Waals surface area (Å²) in [5, 5.41) is 3.32. The predicted molar refractivity (Wildman–Crippen MR) is 104 cm³/mol. The first-order chi connectivity index (χ1) is 11.7. The smallest absolute Gasteiger partial charge is 0.223 e. The largest absolute Gasteiger partial charge is 0.355 e. The third kappa shape index (κ3) is 3.59. The van der Waals surface area contributed by atoms with Gasteiger partial charge in [0.2, 0.25) is 5.91 Å². The van der Waals surface area contributed by atoms with E-state index in [0.29, 0.717) is 17.9 Å². The standard InChI is InChI=1S/C21H30N2O.ClH/c22-19-15-6-4-7-16(19)13-17(12-15)20(24)23-14-21(10-5-11-21)18-8-2-1-3-9-18;/h1-3,8-9,15-17,19H,4-7,10-14,22H2,(H,23,24);1H. The lowest BCUT2D eigenvalue weighted by atomic mass is 9.63. The van der Waals surface area contributed by atoms with E-state index < -0.39 is 0 Å². The molecule has 0 heterocycles. The van der Waals surface area contributed by atoms with Crippen LogP contribution in [0.2, 0.25) is 0 Å². The van der Waals surface area contributed by atoms with Crippen LogP contribution in [0.1, 0.15) is 56.9 Å². The first kappa shape index (κ1) is 18.7. The van der Waals surface area contributed by atoms with Gasteiger partial charge in [0.05, 0.1) is 0 Å². The normalized spacial score (nSPS) is 32.8. The summed E-state index contributed by atoms with van der Waals surface area (Å²) in [5.74, 6) is 1.61. The number of carbonyl (C=O) groups excluding carboxylic acids is 1. The Morgan fingerprint density at radius 1 is 1.08 bits per heavy atom. The number of rotatable bonds is 4. The molecule has 3 aliphatic carbocycles. The zero-order chi connectivity index (χ0) is 16.6. The molecule has 25 heavy (non-hydrogen) atoms. The Morgan fingerprint density at radius 2 is 1.72 bits per heavy atom. The Bertz CT molecular complexity index is 573. The van der Waals surface area contributed by atoms with Gasteiger partial charge in [-0.05, 0) is 55.9 Å². The van der Waals surface area contributed by atoms with Crippen LogP contribution >= 0.6 is 12.4 Å². The number of benzene rings is 1. The Hall–Kier alpha value is -1.06. The van der Waals surface area contributed by atoms with Gasteiger partial charge in [-0.25, -0.2) is 0 Å². The fourth-order valence-electron chi connectivity index (χ4n) is 5.37. The van der Waals surface area contributed by atoms with Crippen molar-refractivity contribution in [3.63, 3.8) is 0 Å². The van der Waals surface area contributed by atoms with Gasteiger partial charge in [-0.15, -0.1) is 12.4 Å². The first-order valence-electron chi connectivity index (χ1n) is 9.77. The van der Waals surface area contributed by atoms with Crippen molar-refractivity contribution in [3.05, 3.63) is 35.9 Å². The number of hydrogen-bond donors (Lipinski definition) is 2. The van der Waals surface area contributed by atoms with E-state index in [0.717, 1.165) is 19.4 Å². The van der Waals surface area contributed by atoms with E-state index in [1.165, 1.54) is 44.1 Å². The Labute approximate surface area is 157 Å². The molecule has 3 aliphatic rings. The summed E-state index contributed by atoms with van der Waals surface area (Å²) in [6.07, 6.45) is 9.40. The molecule has 3 nitrogen and oxygen atoms in total. The van der Waals surface area contributed by atoms with Crippen molar-refractivity contribution in [2.75, 3.05) is 6.54 Å². The second-order valence-electron chi connectivity index (χ2n) is 8.41. The van der Waals surface area contributed by atoms with Crippen LogP contribution in [0, 0.1) is 17.8 Å². The maximum Gasteiger partial charge on any atom is 0.223 e. The van der Waals surface area contributed by atoms with Crippen molar-refractivity contribution in [3.8, 4) is 0 Å². The number of carbonyl (C=O) groups is 1. The molecule has 3 fully saturated rings. The molecule has 4 rings (SSSR count). The lowest BCUT2D eigenvalue weighted by Gasteiger charge is -2.45. The first-order valence-corrected chi connectivity index (χ1v) is 9.77. The van der Waals surface area contributed by atoms with E-state index in [9.17, 15) is 4.79 Å². The zero-order valence-corrected chi connectivity index (χ0v) is 15.8. The number of hydrogen-bond acceptors (Lipinski definition) is 2. The molecule has 3 N–H and O–H groups in total. The molecule has 3 saturated carbocycles. The van der Waals surface area contributed by atoms with Gasteiger partial charge in [0.1, 0.15) is 0 Å². The van der Waals surface area contributed by atoms with Crippen LogP contribution in [-0.2, 0) is 10.2 Å². The Morgan fingerprint density at radius 3 is 2.28 bits per heavy atom. The number of amides is 1. The predicted octanol–water partition coefficient (Wildman–Crippen LogP) is 3.80. The van der Waals surface area contributed by atoms with Crippen LogP contribution in [0.5, 0.6) is 0 Å². The third-order valence-electron chi connectivity index (χ3n) is 7.08. The van der Waals surface area contributed by atoms with Gasteiger partial charge in [-0.1, -0.05) is 43.2 Å². The third-order valence-corrected chi connectivity index (χ3v) is 7.08. The SMILES string of the molecule is Cl.NC1C2CCCC1CC(C(=O)NCC1(c3ccccc3)CCC1)C2. The zero-order valence-electron chi connectivity index (χ0n) is 15.0. The molecule has 0 aromatic heterocycles. The molecule has 2 atom stereocenters. The van der Waals surface area contributed by atoms with E-state index in [4.69, 9.17) is 5.73 Å². The quantitative estimate of drug-likeness (QED) is 0.855. The van der Waals surface area contributed by atoms with Crippen LogP contribution in [0.25, 0.3) is 0 Å². The summed E-state index contributed by atoms with van der Waals surface area (Å²) in [6.45, 7) is 0.799. The second-order valence-corrected chi connectivity index (χ2v) is 8.41. The van der Waals surface area contributed by atoms with Gasteiger partial charge < -0.3 is 11.1 Å². The number of nitrogens with one attached hydrogen (secondary N) is 1. The van der Waals surface area contributed by atoms with Crippen LogP contribution < -0.4 is 11.1 Å². The highest BCUT2D eigenvalue weighted by atomic mass is 35.5. The van der Waals surface area contributed by atoms with Crippen LogP contribution in [0.15, 0.2) is 30.3 Å². The highest BCUT2D eigenvalue weighted by molar-refractivity contribution is 5.85. The number of nitrogens with two attached hydrogens (primary N) is 1. The molecular formula is C21H31ClN2O. The van der Waals surface area contributed by atoms with Gasteiger partial charge in [-0.2, -0.15) is 0 Å². The number of halogens is 1. The monoisotopic (exact) mass is 362 g/mol. The van der Waals surface area contributed by atoms with Crippen LogP contribution in [0.3, 0.4) is 0 Å².